The van der Waals surface area contributed by atoms with Crippen LogP contribution in [0.3, 0.4) is 0 Å². The fourth-order valence-electron chi connectivity index (χ4n) is 2.69. The van der Waals surface area contributed by atoms with Crippen LogP contribution in [0.4, 0.5) is 5.69 Å². The number of hydrogen-bond donors (Lipinski definition) is 1. The molecule has 0 unspecified atom stereocenters. The highest BCUT2D eigenvalue weighted by atomic mass is 79.9. The van der Waals surface area contributed by atoms with Crippen LogP contribution in [0, 0.1) is 0 Å². The molecule has 2 aromatic rings. The fraction of sp³-hybridized carbons (Fsp3) is 0.556. The summed E-state index contributed by atoms with van der Waals surface area (Å²) in [7, 11) is 0. The number of nitrogens with zero attached hydrogens (tertiary/aromatic N) is 5. The van der Waals surface area contributed by atoms with Crippen molar-refractivity contribution in [2.45, 2.75) is 38.5 Å². The molecule has 0 amide bonds. The van der Waals surface area contributed by atoms with Crippen molar-refractivity contribution in [3.63, 3.8) is 0 Å². The van der Waals surface area contributed by atoms with Gasteiger partial charge in [-0.2, -0.15) is 0 Å². The topological polar surface area (TPSA) is 66.8 Å². The standard InChI is InChI=1S/C9H13N3.C5H11N.C4H3BrN2/c1-2-4-12(5-3-1)9-6-10-8-11-7-9;1-2-4-6-5-3-1;5-4-1-6-3-7-2-4/h6-8H,1-5H2;6H,1-5H2;1-3H. The zero-order chi connectivity index (χ0) is 17.6. The smallest absolute Gasteiger partial charge is 0.115 e. The van der Waals surface area contributed by atoms with Crippen LogP contribution < -0.4 is 10.2 Å². The molecular formula is C18H27BrN6. The van der Waals surface area contributed by atoms with E-state index < -0.39 is 0 Å². The third kappa shape index (κ3) is 8.88. The van der Waals surface area contributed by atoms with Crippen LogP contribution in [0.25, 0.3) is 0 Å². The van der Waals surface area contributed by atoms with Crippen molar-refractivity contribution >= 4 is 21.6 Å². The predicted molar refractivity (Wildman–Crippen MR) is 105 cm³/mol. The fourth-order valence-corrected chi connectivity index (χ4v) is 2.93. The van der Waals surface area contributed by atoms with Crippen molar-refractivity contribution < 1.29 is 0 Å². The van der Waals surface area contributed by atoms with Crippen LogP contribution >= 0.6 is 15.9 Å². The van der Waals surface area contributed by atoms with Crippen molar-refractivity contribution in [2.24, 2.45) is 0 Å². The van der Waals surface area contributed by atoms with Gasteiger partial charge in [-0.15, -0.1) is 0 Å². The maximum Gasteiger partial charge on any atom is 0.115 e. The van der Waals surface area contributed by atoms with Gasteiger partial charge in [0.1, 0.15) is 12.7 Å². The summed E-state index contributed by atoms with van der Waals surface area (Å²) in [6.45, 7) is 4.82. The Morgan fingerprint density at radius 2 is 1.24 bits per heavy atom. The molecule has 2 aliphatic rings. The molecule has 4 rings (SSSR count). The molecule has 25 heavy (non-hydrogen) atoms. The lowest BCUT2D eigenvalue weighted by molar-refractivity contribution is 0.520. The van der Waals surface area contributed by atoms with Gasteiger partial charge in [0.15, 0.2) is 0 Å². The van der Waals surface area contributed by atoms with E-state index in [1.165, 1.54) is 57.9 Å². The first kappa shape index (κ1) is 19.7. The molecule has 0 spiro atoms. The second kappa shape index (κ2) is 12.7. The molecule has 136 valence electrons. The zero-order valence-electron chi connectivity index (χ0n) is 14.6. The molecule has 2 saturated heterocycles. The van der Waals surface area contributed by atoms with E-state index in [1.807, 2.05) is 12.4 Å². The Hall–Kier alpha value is -1.60. The molecule has 2 aromatic heterocycles. The number of halogens is 1. The lowest BCUT2D eigenvalue weighted by Crippen LogP contribution is -2.29. The Morgan fingerprint density at radius 3 is 1.64 bits per heavy atom. The number of piperidine rings is 2. The van der Waals surface area contributed by atoms with E-state index in [1.54, 1.807) is 18.7 Å². The molecule has 2 fully saturated rings. The highest BCUT2D eigenvalue weighted by molar-refractivity contribution is 9.10. The summed E-state index contributed by atoms with van der Waals surface area (Å²) >= 11 is 3.19. The molecule has 2 aliphatic heterocycles. The number of rotatable bonds is 1. The van der Waals surface area contributed by atoms with Crippen molar-refractivity contribution in [3.8, 4) is 0 Å². The van der Waals surface area contributed by atoms with Gasteiger partial charge in [-0.3, -0.25) is 0 Å². The molecule has 1 N–H and O–H groups in total. The van der Waals surface area contributed by atoms with Gasteiger partial charge in [-0.1, -0.05) is 6.42 Å². The van der Waals surface area contributed by atoms with E-state index in [9.17, 15) is 0 Å². The Kier molecular flexibility index (Phi) is 10.0. The highest BCUT2D eigenvalue weighted by Gasteiger charge is 2.10. The number of anilines is 1. The van der Waals surface area contributed by atoms with Gasteiger partial charge in [0.05, 0.1) is 22.6 Å². The molecule has 0 radical (unpaired) electrons. The first-order valence-corrected chi connectivity index (χ1v) is 9.77. The number of hydrogen-bond acceptors (Lipinski definition) is 6. The van der Waals surface area contributed by atoms with Gasteiger partial charge < -0.3 is 10.2 Å². The third-order valence-corrected chi connectivity index (χ3v) is 4.41. The summed E-state index contributed by atoms with van der Waals surface area (Å²) in [6.07, 6.45) is 18.4. The van der Waals surface area contributed by atoms with Crippen LogP contribution in [-0.4, -0.2) is 46.1 Å². The van der Waals surface area contributed by atoms with Crippen LogP contribution in [0.1, 0.15) is 38.5 Å². The Balaban J connectivity index is 0.000000148. The Labute approximate surface area is 158 Å². The molecule has 0 aliphatic carbocycles. The van der Waals surface area contributed by atoms with Gasteiger partial charge in [-0.05, 0) is 61.1 Å². The monoisotopic (exact) mass is 406 g/mol. The molecule has 0 aromatic carbocycles. The van der Waals surface area contributed by atoms with Gasteiger partial charge in [0, 0.05) is 25.5 Å². The summed E-state index contributed by atoms with van der Waals surface area (Å²) in [4.78, 5) is 17.8. The average Bonchev–Trinajstić information content (AvgIpc) is 2.72. The second-order valence-electron chi connectivity index (χ2n) is 6.01. The van der Waals surface area contributed by atoms with E-state index in [-0.39, 0.29) is 0 Å². The highest BCUT2D eigenvalue weighted by Crippen LogP contribution is 2.16. The van der Waals surface area contributed by atoms with Gasteiger partial charge in [-0.25, -0.2) is 19.9 Å². The van der Waals surface area contributed by atoms with Crippen molar-refractivity contribution in [1.29, 1.82) is 0 Å². The first-order valence-electron chi connectivity index (χ1n) is 8.97. The van der Waals surface area contributed by atoms with Crippen molar-refractivity contribution in [1.82, 2.24) is 25.3 Å². The summed E-state index contributed by atoms with van der Waals surface area (Å²) in [5.41, 5.74) is 1.16. The largest absolute Gasteiger partial charge is 0.369 e. The average molecular weight is 407 g/mol. The summed E-state index contributed by atoms with van der Waals surface area (Å²) in [5.74, 6) is 0. The molecule has 0 saturated carbocycles. The molecule has 6 nitrogen and oxygen atoms in total. The zero-order valence-corrected chi connectivity index (χ0v) is 16.2. The quantitative estimate of drug-likeness (QED) is 0.781. The minimum Gasteiger partial charge on any atom is -0.369 e. The first-order chi connectivity index (χ1) is 12.4. The molecule has 0 atom stereocenters. The maximum atomic E-state index is 4.01. The van der Waals surface area contributed by atoms with E-state index in [2.05, 4.69) is 46.1 Å². The molecule has 4 heterocycles. The van der Waals surface area contributed by atoms with E-state index in [0.717, 1.165) is 23.2 Å². The summed E-state index contributed by atoms with van der Waals surface area (Å²) < 4.78 is 0.912. The van der Waals surface area contributed by atoms with E-state index >= 15 is 0 Å². The van der Waals surface area contributed by atoms with Crippen LogP contribution in [0.2, 0.25) is 0 Å². The normalized spacial score (nSPS) is 16.8. The predicted octanol–water partition coefficient (Wildman–Crippen LogP) is 3.47. The second-order valence-corrected chi connectivity index (χ2v) is 6.93. The summed E-state index contributed by atoms with van der Waals surface area (Å²) in [5, 5.41) is 3.28. The number of nitrogens with one attached hydrogen (secondary N) is 1. The van der Waals surface area contributed by atoms with Gasteiger partial charge >= 0.3 is 0 Å². The van der Waals surface area contributed by atoms with Gasteiger partial charge in [0.2, 0.25) is 0 Å². The maximum absolute atomic E-state index is 4.01. The molecule has 0 bridgehead atoms. The minimum absolute atomic E-state index is 0.912. The Morgan fingerprint density at radius 1 is 0.720 bits per heavy atom. The SMILES string of the molecule is Brc1cncnc1.C1CCNCC1.c1ncc(N2CCCCC2)cn1. The lowest BCUT2D eigenvalue weighted by atomic mass is 10.1. The minimum atomic E-state index is 0.912. The molecular weight excluding hydrogens is 380 g/mol. The lowest BCUT2D eigenvalue weighted by Gasteiger charge is -2.27. The van der Waals surface area contributed by atoms with Crippen LogP contribution in [-0.2, 0) is 0 Å². The van der Waals surface area contributed by atoms with E-state index in [0.29, 0.717) is 0 Å². The Bertz CT molecular complexity index is 532. The summed E-state index contributed by atoms with van der Waals surface area (Å²) in [6, 6.07) is 0. The molecule has 7 heteroatoms. The van der Waals surface area contributed by atoms with Crippen LogP contribution in [0.15, 0.2) is 41.9 Å². The third-order valence-electron chi connectivity index (χ3n) is 4.00. The van der Waals surface area contributed by atoms with Crippen molar-refractivity contribution in [3.05, 3.63) is 41.9 Å². The van der Waals surface area contributed by atoms with Crippen molar-refractivity contribution in [2.75, 3.05) is 31.1 Å². The van der Waals surface area contributed by atoms with Gasteiger partial charge in [0.25, 0.3) is 0 Å². The van der Waals surface area contributed by atoms with Crippen LogP contribution in [0.5, 0.6) is 0 Å². The van der Waals surface area contributed by atoms with E-state index in [4.69, 9.17) is 0 Å². The number of aromatic nitrogens is 4.